The monoisotopic (exact) mass is 143 g/mol. The Morgan fingerprint density at radius 3 is 1.70 bits per heavy atom. The molecule has 2 N–H and O–H groups in total. The minimum atomic E-state index is 0.361. The van der Waals surface area contributed by atoms with Gasteiger partial charge in [0.2, 0.25) is 0 Å². The van der Waals surface area contributed by atoms with E-state index in [0.717, 1.165) is 6.42 Å². The van der Waals surface area contributed by atoms with Crippen molar-refractivity contribution in [3.63, 3.8) is 0 Å². The second-order valence-electron chi connectivity index (χ2n) is 4.67. The number of nitrogens with two attached hydrogens (primary N) is 1. The Labute approximate surface area is 65.0 Å². The molecule has 0 saturated carbocycles. The van der Waals surface area contributed by atoms with Gasteiger partial charge in [-0.25, -0.2) is 0 Å². The van der Waals surface area contributed by atoms with E-state index in [1.807, 2.05) is 0 Å². The second-order valence-corrected chi connectivity index (χ2v) is 4.67. The maximum atomic E-state index is 5.90. The zero-order valence-electron chi connectivity index (χ0n) is 7.94. The third kappa shape index (κ3) is 4.80. The average Bonchev–Trinajstić information content (AvgIpc) is 1.60. The second kappa shape index (κ2) is 3.38. The minimum absolute atomic E-state index is 0.361. The van der Waals surface area contributed by atoms with Gasteiger partial charge < -0.3 is 5.73 Å². The van der Waals surface area contributed by atoms with E-state index in [1.165, 1.54) is 0 Å². The molecule has 0 aromatic heterocycles. The molecule has 0 radical (unpaired) electrons. The molecule has 0 heterocycles. The van der Waals surface area contributed by atoms with Crippen molar-refractivity contribution in [3.8, 4) is 0 Å². The van der Waals surface area contributed by atoms with Crippen LogP contribution < -0.4 is 5.73 Å². The van der Waals surface area contributed by atoms with Crippen molar-refractivity contribution in [2.24, 2.45) is 17.1 Å². The Bertz CT molecular complexity index is 89.4. The van der Waals surface area contributed by atoms with Crippen LogP contribution in [0.15, 0.2) is 0 Å². The minimum Gasteiger partial charge on any atom is -0.327 e. The first kappa shape index (κ1) is 9.96. The van der Waals surface area contributed by atoms with Crippen molar-refractivity contribution in [1.82, 2.24) is 0 Å². The van der Waals surface area contributed by atoms with Crippen LogP contribution in [0.5, 0.6) is 0 Å². The molecular formula is C9H21N. The third-order valence-corrected chi connectivity index (χ3v) is 1.70. The first-order valence-corrected chi connectivity index (χ1v) is 4.08. The van der Waals surface area contributed by atoms with E-state index in [2.05, 4.69) is 34.6 Å². The SMILES string of the molecule is CC(C)[C@H](N)CC(C)(C)C. The lowest BCUT2D eigenvalue weighted by atomic mass is 9.85. The van der Waals surface area contributed by atoms with Crippen molar-refractivity contribution >= 4 is 0 Å². The van der Waals surface area contributed by atoms with Gasteiger partial charge in [-0.05, 0) is 17.8 Å². The molecule has 0 rings (SSSR count). The smallest absolute Gasteiger partial charge is 0.00668 e. The molecule has 1 atom stereocenters. The van der Waals surface area contributed by atoms with Crippen LogP contribution in [0.25, 0.3) is 0 Å². The van der Waals surface area contributed by atoms with Crippen LogP contribution >= 0.6 is 0 Å². The molecule has 0 unspecified atom stereocenters. The molecule has 10 heavy (non-hydrogen) atoms. The summed E-state index contributed by atoms with van der Waals surface area (Å²) in [4.78, 5) is 0. The van der Waals surface area contributed by atoms with E-state index in [-0.39, 0.29) is 0 Å². The van der Waals surface area contributed by atoms with E-state index < -0.39 is 0 Å². The number of rotatable bonds is 2. The van der Waals surface area contributed by atoms with Crippen LogP contribution in [0, 0.1) is 11.3 Å². The molecule has 62 valence electrons. The van der Waals surface area contributed by atoms with Gasteiger partial charge in [0.1, 0.15) is 0 Å². The normalized spacial score (nSPS) is 15.9. The summed E-state index contributed by atoms with van der Waals surface area (Å²) in [5, 5.41) is 0. The van der Waals surface area contributed by atoms with Crippen molar-refractivity contribution in [2.75, 3.05) is 0 Å². The van der Waals surface area contributed by atoms with Crippen LogP contribution in [0.3, 0.4) is 0 Å². The van der Waals surface area contributed by atoms with Gasteiger partial charge in [-0.15, -0.1) is 0 Å². The predicted octanol–water partition coefficient (Wildman–Crippen LogP) is 2.41. The highest BCUT2D eigenvalue weighted by molar-refractivity contribution is 4.73. The highest BCUT2D eigenvalue weighted by Crippen LogP contribution is 2.22. The predicted molar refractivity (Wildman–Crippen MR) is 46.9 cm³/mol. The van der Waals surface area contributed by atoms with E-state index in [4.69, 9.17) is 5.73 Å². The molecule has 1 nitrogen and oxygen atoms in total. The lowest BCUT2D eigenvalue weighted by Gasteiger charge is -2.25. The molecule has 0 aromatic rings. The van der Waals surface area contributed by atoms with Crippen LogP contribution in [0.4, 0.5) is 0 Å². The summed E-state index contributed by atoms with van der Waals surface area (Å²) in [6, 6.07) is 0.361. The van der Waals surface area contributed by atoms with Gasteiger partial charge in [-0.1, -0.05) is 34.6 Å². The Hall–Kier alpha value is -0.0400. The molecular weight excluding hydrogens is 122 g/mol. The Balaban J connectivity index is 3.68. The van der Waals surface area contributed by atoms with Crippen LogP contribution in [0.1, 0.15) is 41.0 Å². The van der Waals surface area contributed by atoms with Crippen molar-refractivity contribution in [3.05, 3.63) is 0 Å². The van der Waals surface area contributed by atoms with Crippen molar-refractivity contribution in [1.29, 1.82) is 0 Å². The molecule has 0 amide bonds. The van der Waals surface area contributed by atoms with E-state index >= 15 is 0 Å². The molecule has 0 bridgehead atoms. The molecule has 0 spiro atoms. The summed E-state index contributed by atoms with van der Waals surface area (Å²) in [5.41, 5.74) is 6.28. The standard InChI is InChI=1S/C9H21N/c1-7(2)8(10)6-9(3,4)5/h7-8H,6,10H2,1-5H3/t8-/m1/s1. The fourth-order valence-electron chi connectivity index (χ4n) is 0.943. The maximum absolute atomic E-state index is 5.90. The van der Waals surface area contributed by atoms with Crippen molar-refractivity contribution < 1.29 is 0 Å². The first-order valence-electron chi connectivity index (χ1n) is 4.08. The number of hydrogen-bond donors (Lipinski definition) is 1. The molecule has 0 saturated heterocycles. The van der Waals surface area contributed by atoms with Gasteiger partial charge in [0, 0.05) is 6.04 Å². The van der Waals surface area contributed by atoms with Gasteiger partial charge in [0.15, 0.2) is 0 Å². The zero-order valence-corrected chi connectivity index (χ0v) is 7.94. The highest BCUT2D eigenvalue weighted by Gasteiger charge is 2.17. The Morgan fingerprint density at radius 1 is 1.20 bits per heavy atom. The molecule has 0 aliphatic carbocycles. The molecule has 1 heteroatoms. The number of hydrogen-bond acceptors (Lipinski definition) is 1. The summed E-state index contributed by atoms with van der Waals surface area (Å²) in [7, 11) is 0. The maximum Gasteiger partial charge on any atom is 0.00668 e. The summed E-state index contributed by atoms with van der Waals surface area (Å²) < 4.78 is 0. The van der Waals surface area contributed by atoms with Crippen LogP contribution in [-0.2, 0) is 0 Å². The van der Waals surface area contributed by atoms with Crippen LogP contribution in [-0.4, -0.2) is 6.04 Å². The third-order valence-electron chi connectivity index (χ3n) is 1.70. The Kier molecular flexibility index (Phi) is 3.37. The molecule has 0 aliphatic heterocycles. The lowest BCUT2D eigenvalue weighted by Crippen LogP contribution is -2.31. The van der Waals surface area contributed by atoms with Gasteiger partial charge in [0.25, 0.3) is 0 Å². The van der Waals surface area contributed by atoms with E-state index in [9.17, 15) is 0 Å². The van der Waals surface area contributed by atoms with Gasteiger partial charge in [0.05, 0.1) is 0 Å². The van der Waals surface area contributed by atoms with Gasteiger partial charge >= 0.3 is 0 Å². The molecule has 0 aliphatic rings. The molecule has 0 aromatic carbocycles. The fraction of sp³-hybridized carbons (Fsp3) is 1.00. The zero-order chi connectivity index (χ0) is 8.36. The fourth-order valence-corrected chi connectivity index (χ4v) is 0.943. The summed E-state index contributed by atoms with van der Waals surface area (Å²) in [6.07, 6.45) is 1.12. The van der Waals surface area contributed by atoms with E-state index in [1.54, 1.807) is 0 Å². The molecule has 0 fully saturated rings. The lowest BCUT2D eigenvalue weighted by molar-refractivity contribution is 0.302. The Morgan fingerprint density at radius 2 is 1.60 bits per heavy atom. The van der Waals surface area contributed by atoms with Gasteiger partial charge in [-0.2, -0.15) is 0 Å². The highest BCUT2D eigenvalue weighted by atomic mass is 14.6. The largest absolute Gasteiger partial charge is 0.327 e. The first-order chi connectivity index (χ1) is 4.33. The van der Waals surface area contributed by atoms with Crippen molar-refractivity contribution in [2.45, 2.75) is 47.1 Å². The quantitative estimate of drug-likeness (QED) is 0.631. The summed E-state index contributed by atoms with van der Waals surface area (Å²) in [5.74, 6) is 0.610. The summed E-state index contributed by atoms with van der Waals surface area (Å²) >= 11 is 0. The van der Waals surface area contributed by atoms with Crippen LogP contribution in [0.2, 0.25) is 0 Å². The van der Waals surface area contributed by atoms with Gasteiger partial charge in [-0.3, -0.25) is 0 Å². The topological polar surface area (TPSA) is 26.0 Å². The average molecular weight is 143 g/mol. The van der Waals surface area contributed by atoms with E-state index in [0.29, 0.717) is 17.4 Å². The summed E-state index contributed by atoms with van der Waals surface area (Å²) in [6.45, 7) is 11.0.